The summed E-state index contributed by atoms with van der Waals surface area (Å²) in [6.45, 7) is 5.09. The van der Waals surface area contributed by atoms with E-state index < -0.39 is 0 Å². The third kappa shape index (κ3) is 2.87. The van der Waals surface area contributed by atoms with Crippen LogP contribution in [-0.4, -0.2) is 21.0 Å². The number of benzene rings is 1. The highest BCUT2D eigenvalue weighted by molar-refractivity contribution is 5.79. The van der Waals surface area contributed by atoms with E-state index >= 15 is 0 Å². The molecule has 1 N–H and O–H groups in total. The van der Waals surface area contributed by atoms with Crippen molar-refractivity contribution >= 4 is 6.21 Å². The van der Waals surface area contributed by atoms with Gasteiger partial charge in [-0.2, -0.15) is 10.4 Å². The molecule has 0 saturated carbocycles. The van der Waals surface area contributed by atoms with E-state index in [0.717, 1.165) is 29.9 Å². The van der Waals surface area contributed by atoms with E-state index in [1.807, 2.05) is 30.5 Å². The largest absolute Gasteiger partial charge is 0.342 e. The summed E-state index contributed by atoms with van der Waals surface area (Å²) in [4.78, 5) is 4.16. The molecule has 5 nitrogen and oxygen atoms in total. The molecule has 3 heterocycles. The van der Waals surface area contributed by atoms with Gasteiger partial charge in [0, 0.05) is 23.2 Å². The van der Waals surface area contributed by atoms with Crippen LogP contribution < -0.4 is 0 Å². The van der Waals surface area contributed by atoms with Crippen LogP contribution in [0.2, 0.25) is 0 Å². The minimum Gasteiger partial charge on any atom is -0.342 e. The highest BCUT2D eigenvalue weighted by Gasteiger charge is 2.20. The zero-order chi connectivity index (χ0) is 17.4. The molecule has 1 atom stereocenters. The van der Waals surface area contributed by atoms with Crippen LogP contribution >= 0.6 is 0 Å². The van der Waals surface area contributed by atoms with Gasteiger partial charge in [-0.25, -0.2) is 0 Å². The number of rotatable bonds is 5. The Labute approximate surface area is 146 Å². The fourth-order valence-electron chi connectivity index (χ4n) is 3.22. The minimum atomic E-state index is 0.176. The number of hydrogen-bond donors (Lipinski definition) is 1. The van der Waals surface area contributed by atoms with Crippen molar-refractivity contribution in [2.45, 2.75) is 32.9 Å². The zero-order valence-electron chi connectivity index (χ0n) is 14.3. The highest BCUT2D eigenvalue weighted by Crippen LogP contribution is 2.29. The first-order chi connectivity index (χ1) is 12.2. The summed E-state index contributed by atoms with van der Waals surface area (Å²) >= 11 is 0. The third-order valence-corrected chi connectivity index (χ3v) is 4.72. The molecule has 1 aromatic carbocycles. The number of aromatic amines is 1. The number of nitriles is 1. The normalized spacial score (nSPS) is 15.3. The van der Waals surface area contributed by atoms with Gasteiger partial charge >= 0.3 is 0 Å². The van der Waals surface area contributed by atoms with Crippen LogP contribution in [0.15, 0.2) is 41.4 Å². The van der Waals surface area contributed by atoms with Gasteiger partial charge in [0.05, 0.1) is 29.6 Å². The Morgan fingerprint density at radius 2 is 2.00 bits per heavy atom. The Kier molecular flexibility index (Phi) is 3.73. The standard InChI is InChI=1S/C20H19N5/c1-3-17-9-18(15-6-4-14(10-21)5-7-15)13(2)25(17)12-16-8-19(24-23-16)20-11-22-20/h4-9,11,20H,3,12H2,1-2H3,(H,23,24). The van der Waals surface area contributed by atoms with Crippen molar-refractivity contribution in [2.24, 2.45) is 4.99 Å². The van der Waals surface area contributed by atoms with Crippen molar-refractivity contribution in [1.29, 1.82) is 5.26 Å². The van der Waals surface area contributed by atoms with E-state index in [-0.39, 0.29) is 6.04 Å². The predicted molar refractivity (Wildman–Crippen MR) is 97.6 cm³/mol. The van der Waals surface area contributed by atoms with Crippen molar-refractivity contribution < 1.29 is 0 Å². The maximum Gasteiger partial charge on any atom is 0.128 e. The smallest absolute Gasteiger partial charge is 0.128 e. The van der Waals surface area contributed by atoms with E-state index in [4.69, 9.17) is 5.26 Å². The monoisotopic (exact) mass is 329 g/mol. The third-order valence-electron chi connectivity index (χ3n) is 4.72. The quantitative estimate of drug-likeness (QED) is 0.773. The molecule has 0 spiro atoms. The van der Waals surface area contributed by atoms with Gasteiger partial charge in [-0.15, -0.1) is 0 Å². The highest BCUT2D eigenvalue weighted by atomic mass is 15.2. The van der Waals surface area contributed by atoms with Crippen LogP contribution in [0.25, 0.3) is 11.1 Å². The molecule has 2 aromatic heterocycles. The first-order valence-electron chi connectivity index (χ1n) is 8.46. The summed E-state index contributed by atoms with van der Waals surface area (Å²) in [5.41, 5.74) is 7.63. The second-order valence-corrected chi connectivity index (χ2v) is 6.32. The Balaban J connectivity index is 1.66. The summed E-state index contributed by atoms with van der Waals surface area (Å²) in [5.74, 6) is 0. The molecular formula is C20H19N5. The van der Waals surface area contributed by atoms with Gasteiger partial charge in [0.1, 0.15) is 6.04 Å². The van der Waals surface area contributed by atoms with Crippen molar-refractivity contribution in [3.8, 4) is 17.2 Å². The van der Waals surface area contributed by atoms with Crippen molar-refractivity contribution in [3.05, 3.63) is 64.7 Å². The number of aliphatic imine (C=N–C) groups is 1. The Morgan fingerprint density at radius 3 is 2.64 bits per heavy atom. The fourth-order valence-corrected chi connectivity index (χ4v) is 3.22. The van der Waals surface area contributed by atoms with E-state index in [9.17, 15) is 0 Å². The second kappa shape index (κ2) is 6.06. The van der Waals surface area contributed by atoms with Gasteiger partial charge in [-0.05, 0) is 43.2 Å². The average Bonchev–Trinajstić information content (AvgIpc) is 3.32. The van der Waals surface area contributed by atoms with Crippen molar-refractivity contribution in [3.63, 3.8) is 0 Å². The van der Waals surface area contributed by atoms with E-state index in [1.165, 1.54) is 17.0 Å². The number of aromatic nitrogens is 3. The Hall–Kier alpha value is -3.13. The van der Waals surface area contributed by atoms with Crippen molar-refractivity contribution in [2.75, 3.05) is 0 Å². The molecule has 3 aromatic rings. The Morgan fingerprint density at radius 1 is 1.24 bits per heavy atom. The summed E-state index contributed by atoms with van der Waals surface area (Å²) in [5, 5.41) is 16.5. The van der Waals surface area contributed by atoms with E-state index in [0.29, 0.717) is 5.56 Å². The van der Waals surface area contributed by atoms with Gasteiger partial charge in [-0.1, -0.05) is 19.1 Å². The SMILES string of the molecule is CCc1cc(-c2ccc(C#N)cc2)c(C)n1Cc1cc(C2C=N2)n[nH]1. The summed E-state index contributed by atoms with van der Waals surface area (Å²) < 4.78 is 2.33. The number of hydrogen-bond acceptors (Lipinski definition) is 3. The lowest BCUT2D eigenvalue weighted by atomic mass is 10.0. The molecule has 0 radical (unpaired) electrons. The minimum absolute atomic E-state index is 0.176. The van der Waals surface area contributed by atoms with Gasteiger partial charge in [0.25, 0.3) is 0 Å². The fraction of sp³-hybridized carbons (Fsp3) is 0.250. The number of nitrogens with zero attached hydrogens (tertiary/aromatic N) is 4. The molecule has 1 aliphatic heterocycles. The van der Waals surface area contributed by atoms with E-state index in [1.54, 1.807) is 0 Å². The molecular weight excluding hydrogens is 310 g/mol. The summed E-state index contributed by atoms with van der Waals surface area (Å²) in [7, 11) is 0. The average molecular weight is 329 g/mol. The molecule has 5 heteroatoms. The molecule has 4 rings (SSSR count). The zero-order valence-corrected chi connectivity index (χ0v) is 14.3. The maximum atomic E-state index is 8.98. The molecule has 0 bridgehead atoms. The lowest BCUT2D eigenvalue weighted by Crippen LogP contribution is -2.06. The van der Waals surface area contributed by atoms with Crippen LogP contribution in [-0.2, 0) is 13.0 Å². The second-order valence-electron chi connectivity index (χ2n) is 6.32. The van der Waals surface area contributed by atoms with Gasteiger partial charge in [0.15, 0.2) is 0 Å². The molecule has 124 valence electrons. The first-order valence-corrected chi connectivity index (χ1v) is 8.46. The lowest BCUT2D eigenvalue weighted by Gasteiger charge is -2.10. The Bertz CT molecular complexity index is 976. The van der Waals surface area contributed by atoms with Crippen LogP contribution in [0, 0.1) is 18.3 Å². The molecule has 0 fully saturated rings. The number of H-pyrrole nitrogens is 1. The molecule has 0 saturated heterocycles. The number of aryl methyl sites for hydroxylation is 1. The topological polar surface area (TPSA) is 69.8 Å². The van der Waals surface area contributed by atoms with Crippen LogP contribution in [0.3, 0.4) is 0 Å². The lowest BCUT2D eigenvalue weighted by molar-refractivity contribution is 0.709. The number of nitrogens with one attached hydrogen (secondary N) is 1. The van der Waals surface area contributed by atoms with Gasteiger partial charge in [0.2, 0.25) is 0 Å². The van der Waals surface area contributed by atoms with Gasteiger partial charge in [-0.3, -0.25) is 10.1 Å². The molecule has 1 aliphatic rings. The van der Waals surface area contributed by atoms with Crippen LogP contribution in [0.4, 0.5) is 0 Å². The van der Waals surface area contributed by atoms with E-state index in [2.05, 4.69) is 51.8 Å². The molecule has 1 unspecified atom stereocenters. The summed E-state index contributed by atoms with van der Waals surface area (Å²) in [6.07, 6.45) is 2.87. The van der Waals surface area contributed by atoms with Gasteiger partial charge < -0.3 is 4.57 Å². The van der Waals surface area contributed by atoms with Crippen LogP contribution in [0.1, 0.15) is 41.3 Å². The molecule has 0 amide bonds. The molecule has 25 heavy (non-hydrogen) atoms. The summed E-state index contributed by atoms with van der Waals surface area (Å²) in [6, 6.07) is 14.5. The maximum absolute atomic E-state index is 8.98. The van der Waals surface area contributed by atoms with Crippen LogP contribution in [0.5, 0.6) is 0 Å². The molecule has 0 aliphatic carbocycles. The first kappa shape index (κ1) is 15.4. The predicted octanol–water partition coefficient (Wildman–Crippen LogP) is 3.79. The van der Waals surface area contributed by atoms with Crippen molar-refractivity contribution in [1.82, 2.24) is 14.8 Å².